The first-order chi connectivity index (χ1) is 16.8. The molecule has 0 aliphatic carbocycles. The summed E-state index contributed by atoms with van der Waals surface area (Å²) in [5.74, 6) is -1.67. The number of carbonyl (C=O) groups is 4. The average molecular weight is 507 g/mol. The smallest absolute Gasteiger partial charge is 0.408 e. The molecule has 10 nitrogen and oxygen atoms in total. The van der Waals surface area contributed by atoms with E-state index in [2.05, 4.69) is 10.6 Å². The molecule has 0 fully saturated rings. The highest BCUT2D eigenvalue weighted by Crippen LogP contribution is 2.27. The predicted octanol–water partition coefficient (Wildman–Crippen LogP) is 2.24. The van der Waals surface area contributed by atoms with Crippen molar-refractivity contribution in [3.63, 3.8) is 0 Å². The average Bonchev–Trinajstić information content (AvgIpc) is 2.77. The van der Waals surface area contributed by atoms with Crippen LogP contribution in [0, 0.1) is 13.8 Å². The molecule has 1 rings (SSSR count). The molecule has 1 aromatic rings. The molecule has 10 heteroatoms. The van der Waals surface area contributed by atoms with Crippen molar-refractivity contribution in [3.05, 3.63) is 34.9 Å². The highest BCUT2D eigenvalue weighted by Gasteiger charge is 2.36. The normalized spacial score (nSPS) is 12.9. The van der Waals surface area contributed by atoms with Gasteiger partial charge < -0.3 is 31.1 Å². The van der Waals surface area contributed by atoms with Gasteiger partial charge in [0.25, 0.3) is 0 Å². The topological polar surface area (TPSA) is 151 Å². The molecule has 2 atom stereocenters. The van der Waals surface area contributed by atoms with Gasteiger partial charge in [-0.15, -0.1) is 0 Å². The minimum Gasteiger partial charge on any atom is -0.444 e. The van der Waals surface area contributed by atoms with Crippen molar-refractivity contribution in [2.24, 2.45) is 5.73 Å². The van der Waals surface area contributed by atoms with Crippen molar-refractivity contribution >= 4 is 23.8 Å². The lowest BCUT2D eigenvalue weighted by molar-refractivity contribution is -0.143. The SMILES string of the molecule is CCCCNC(=O)C(c1cc(C)ccc1C)N(CCO)C(=O)C(CCC(N)=O)NC(=O)OC(C)(C)C. The fraction of sp³-hybridized carbons (Fsp3) is 0.615. The van der Waals surface area contributed by atoms with Gasteiger partial charge in [-0.25, -0.2) is 4.79 Å². The summed E-state index contributed by atoms with van der Waals surface area (Å²) in [7, 11) is 0. The van der Waals surface area contributed by atoms with Crippen LogP contribution in [0.4, 0.5) is 4.79 Å². The van der Waals surface area contributed by atoms with Crippen LogP contribution in [-0.4, -0.2) is 65.2 Å². The molecule has 1 aromatic carbocycles. The van der Waals surface area contributed by atoms with Gasteiger partial charge in [0.05, 0.1) is 6.61 Å². The van der Waals surface area contributed by atoms with Gasteiger partial charge in [-0.05, 0) is 58.6 Å². The zero-order valence-corrected chi connectivity index (χ0v) is 22.3. The summed E-state index contributed by atoms with van der Waals surface area (Å²) in [5.41, 5.74) is 6.79. The van der Waals surface area contributed by atoms with E-state index in [0.717, 1.165) is 24.0 Å². The summed E-state index contributed by atoms with van der Waals surface area (Å²) in [6, 6.07) is 3.34. The maximum Gasteiger partial charge on any atom is 0.408 e. The molecule has 0 spiro atoms. The Kier molecular flexibility index (Phi) is 12.4. The number of nitrogens with two attached hydrogens (primary N) is 1. The zero-order valence-electron chi connectivity index (χ0n) is 22.3. The number of rotatable bonds is 13. The summed E-state index contributed by atoms with van der Waals surface area (Å²) >= 11 is 0. The summed E-state index contributed by atoms with van der Waals surface area (Å²) in [5, 5.41) is 15.2. The molecular formula is C26H42N4O6. The van der Waals surface area contributed by atoms with E-state index in [0.29, 0.717) is 12.1 Å². The Morgan fingerprint density at radius 2 is 1.83 bits per heavy atom. The second kappa shape index (κ2) is 14.4. The quantitative estimate of drug-likeness (QED) is 0.301. The molecule has 202 valence electrons. The van der Waals surface area contributed by atoms with Gasteiger partial charge in [0.2, 0.25) is 17.7 Å². The molecular weight excluding hydrogens is 464 g/mol. The second-order valence-electron chi connectivity index (χ2n) is 9.87. The van der Waals surface area contributed by atoms with Crippen LogP contribution >= 0.6 is 0 Å². The van der Waals surface area contributed by atoms with Crippen molar-refractivity contribution in [3.8, 4) is 0 Å². The lowest BCUT2D eigenvalue weighted by atomic mass is 9.95. The number of aliphatic hydroxyl groups is 1. The van der Waals surface area contributed by atoms with E-state index in [1.54, 1.807) is 20.8 Å². The molecule has 0 saturated heterocycles. The van der Waals surface area contributed by atoms with Crippen LogP contribution in [0.5, 0.6) is 0 Å². The maximum atomic E-state index is 13.8. The molecule has 5 N–H and O–H groups in total. The molecule has 0 aromatic heterocycles. The number of carbonyl (C=O) groups excluding carboxylic acids is 4. The van der Waals surface area contributed by atoms with E-state index >= 15 is 0 Å². The van der Waals surface area contributed by atoms with Gasteiger partial charge in [0.15, 0.2) is 0 Å². The van der Waals surface area contributed by atoms with E-state index < -0.39 is 48.1 Å². The van der Waals surface area contributed by atoms with Crippen LogP contribution in [0.2, 0.25) is 0 Å². The Balaban J connectivity index is 3.47. The van der Waals surface area contributed by atoms with Crippen LogP contribution in [-0.2, 0) is 19.1 Å². The van der Waals surface area contributed by atoms with E-state index in [4.69, 9.17) is 10.5 Å². The van der Waals surface area contributed by atoms with Gasteiger partial charge >= 0.3 is 6.09 Å². The lowest BCUT2D eigenvalue weighted by Gasteiger charge is -2.35. The van der Waals surface area contributed by atoms with Crippen molar-refractivity contribution in [1.29, 1.82) is 0 Å². The van der Waals surface area contributed by atoms with Crippen LogP contribution in [0.25, 0.3) is 0 Å². The summed E-state index contributed by atoms with van der Waals surface area (Å²) in [6.07, 6.45) is 0.538. The predicted molar refractivity (Wildman–Crippen MR) is 137 cm³/mol. The standard InChI is InChI=1S/C26H42N4O6/c1-7-8-13-28-23(33)22(19-16-17(2)9-10-18(19)3)30(14-15-31)24(34)20(11-12-21(27)32)29-25(35)36-26(4,5)6/h9-10,16,20,22,31H,7-8,11-15H2,1-6H3,(H2,27,32)(H,28,33)(H,29,35). The summed E-state index contributed by atoms with van der Waals surface area (Å²) in [6.45, 7) is 10.6. The molecule has 36 heavy (non-hydrogen) atoms. The molecule has 0 aliphatic rings. The lowest BCUT2D eigenvalue weighted by Crippen LogP contribution is -2.54. The van der Waals surface area contributed by atoms with Crippen molar-refractivity contribution < 1.29 is 29.0 Å². The first-order valence-corrected chi connectivity index (χ1v) is 12.3. The van der Waals surface area contributed by atoms with E-state index in [1.165, 1.54) is 4.90 Å². The first kappa shape index (κ1) is 30.9. The van der Waals surface area contributed by atoms with Crippen LogP contribution in [0.15, 0.2) is 18.2 Å². The number of primary amides is 1. The minimum atomic E-state index is -1.20. The number of aryl methyl sites for hydroxylation is 2. The van der Waals surface area contributed by atoms with Crippen LogP contribution in [0.1, 0.15) is 76.1 Å². The van der Waals surface area contributed by atoms with Crippen molar-refractivity contribution in [1.82, 2.24) is 15.5 Å². The number of benzene rings is 1. The number of hydrogen-bond donors (Lipinski definition) is 4. The number of aliphatic hydroxyl groups excluding tert-OH is 1. The maximum absolute atomic E-state index is 13.8. The molecule has 0 bridgehead atoms. The molecule has 0 aliphatic heterocycles. The van der Waals surface area contributed by atoms with E-state index in [-0.39, 0.29) is 19.4 Å². The number of unbranched alkanes of at least 4 members (excludes halogenated alkanes) is 1. The second-order valence-corrected chi connectivity index (χ2v) is 9.87. The largest absolute Gasteiger partial charge is 0.444 e. The molecule has 0 saturated carbocycles. The van der Waals surface area contributed by atoms with Gasteiger partial charge in [-0.3, -0.25) is 14.4 Å². The highest BCUT2D eigenvalue weighted by molar-refractivity contribution is 5.92. The fourth-order valence-corrected chi connectivity index (χ4v) is 3.66. The Morgan fingerprint density at radius 3 is 2.39 bits per heavy atom. The Hall–Kier alpha value is -3.14. The van der Waals surface area contributed by atoms with Gasteiger partial charge in [-0.1, -0.05) is 37.1 Å². The number of hydrogen-bond acceptors (Lipinski definition) is 6. The minimum absolute atomic E-state index is 0.0910. The zero-order chi connectivity index (χ0) is 27.5. The Morgan fingerprint density at radius 1 is 1.17 bits per heavy atom. The van der Waals surface area contributed by atoms with Gasteiger partial charge in [0.1, 0.15) is 17.7 Å². The monoisotopic (exact) mass is 506 g/mol. The summed E-state index contributed by atoms with van der Waals surface area (Å²) in [4.78, 5) is 52.5. The Labute approximate surface area is 213 Å². The number of ether oxygens (including phenoxy) is 1. The van der Waals surface area contributed by atoms with Gasteiger partial charge in [-0.2, -0.15) is 0 Å². The first-order valence-electron chi connectivity index (χ1n) is 12.3. The van der Waals surface area contributed by atoms with Gasteiger partial charge in [0, 0.05) is 19.5 Å². The third kappa shape index (κ3) is 10.2. The third-order valence-electron chi connectivity index (χ3n) is 5.41. The Bertz CT molecular complexity index is 912. The molecule has 4 amide bonds. The number of alkyl carbamates (subject to hydrolysis) is 1. The molecule has 2 unspecified atom stereocenters. The van der Waals surface area contributed by atoms with Crippen molar-refractivity contribution in [2.75, 3.05) is 19.7 Å². The van der Waals surface area contributed by atoms with E-state index in [1.807, 2.05) is 39.0 Å². The number of amides is 4. The highest BCUT2D eigenvalue weighted by atomic mass is 16.6. The van der Waals surface area contributed by atoms with Crippen LogP contribution < -0.4 is 16.4 Å². The molecule has 0 radical (unpaired) electrons. The fourth-order valence-electron chi connectivity index (χ4n) is 3.66. The molecule has 0 heterocycles. The van der Waals surface area contributed by atoms with E-state index in [9.17, 15) is 24.3 Å². The third-order valence-corrected chi connectivity index (χ3v) is 5.41. The number of nitrogens with one attached hydrogen (secondary N) is 2. The van der Waals surface area contributed by atoms with Crippen molar-refractivity contribution in [2.45, 2.75) is 84.9 Å². The summed E-state index contributed by atoms with van der Waals surface area (Å²) < 4.78 is 5.29. The number of nitrogens with zero attached hydrogens (tertiary/aromatic N) is 1. The van der Waals surface area contributed by atoms with Crippen LogP contribution in [0.3, 0.4) is 0 Å².